The summed E-state index contributed by atoms with van der Waals surface area (Å²) in [6.45, 7) is 0. The van der Waals surface area contributed by atoms with Gasteiger partial charge in [0.15, 0.2) is 0 Å². The Bertz CT molecular complexity index is 765. The number of nitrogens with one attached hydrogen (secondary N) is 1. The quantitative estimate of drug-likeness (QED) is 0.668. The molecule has 0 amide bonds. The average molecular weight is 488 g/mol. The SMILES string of the molecule is O=S(=O)(Nc1cc(Br)ccc1F)c1ccc(Br)cc1Br. The van der Waals surface area contributed by atoms with E-state index in [1.807, 2.05) is 0 Å². The van der Waals surface area contributed by atoms with Gasteiger partial charge in [-0.2, -0.15) is 0 Å². The summed E-state index contributed by atoms with van der Waals surface area (Å²) in [4.78, 5) is 0.0278. The first kappa shape index (κ1) is 15.9. The smallest absolute Gasteiger partial charge is 0.263 e. The lowest BCUT2D eigenvalue weighted by Crippen LogP contribution is -2.14. The lowest BCUT2D eigenvalue weighted by Gasteiger charge is -2.11. The third-order valence-corrected chi connectivity index (χ3v) is 5.68. The van der Waals surface area contributed by atoms with Crippen molar-refractivity contribution in [2.45, 2.75) is 4.90 Å². The number of anilines is 1. The van der Waals surface area contributed by atoms with E-state index in [4.69, 9.17) is 0 Å². The molecule has 0 fully saturated rings. The lowest BCUT2D eigenvalue weighted by molar-refractivity contribution is 0.598. The average Bonchev–Trinajstić information content (AvgIpc) is 2.33. The van der Waals surface area contributed by atoms with E-state index in [2.05, 4.69) is 52.5 Å². The fourth-order valence-electron chi connectivity index (χ4n) is 1.47. The summed E-state index contributed by atoms with van der Waals surface area (Å²) >= 11 is 9.58. The van der Waals surface area contributed by atoms with E-state index in [9.17, 15) is 12.8 Å². The van der Waals surface area contributed by atoms with Crippen LogP contribution in [-0.2, 0) is 10.0 Å². The first-order valence-corrected chi connectivity index (χ1v) is 9.09. The minimum absolute atomic E-state index is 0.0278. The van der Waals surface area contributed by atoms with E-state index < -0.39 is 15.8 Å². The van der Waals surface area contributed by atoms with Gasteiger partial charge in [-0.3, -0.25) is 4.72 Å². The van der Waals surface area contributed by atoms with Gasteiger partial charge in [-0.25, -0.2) is 12.8 Å². The van der Waals surface area contributed by atoms with Crippen LogP contribution in [0.2, 0.25) is 0 Å². The van der Waals surface area contributed by atoms with E-state index in [0.717, 1.165) is 4.47 Å². The number of sulfonamides is 1. The Morgan fingerprint density at radius 2 is 1.55 bits per heavy atom. The van der Waals surface area contributed by atoms with Crippen molar-refractivity contribution in [1.29, 1.82) is 0 Å². The molecule has 20 heavy (non-hydrogen) atoms. The molecular weight excluding hydrogens is 481 g/mol. The number of halogens is 4. The van der Waals surface area contributed by atoms with Gasteiger partial charge in [-0.15, -0.1) is 0 Å². The zero-order valence-electron chi connectivity index (χ0n) is 9.70. The molecule has 0 spiro atoms. The molecule has 2 aromatic rings. The van der Waals surface area contributed by atoms with Crippen LogP contribution in [0, 0.1) is 5.82 Å². The van der Waals surface area contributed by atoms with Crippen LogP contribution in [0.25, 0.3) is 0 Å². The molecule has 0 unspecified atom stereocenters. The van der Waals surface area contributed by atoms with Gasteiger partial charge in [-0.1, -0.05) is 31.9 Å². The van der Waals surface area contributed by atoms with Gasteiger partial charge in [0.05, 0.1) is 5.69 Å². The minimum Gasteiger partial charge on any atom is -0.277 e. The van der Waals surface area contributed by atoms with Gasteiger partial charge < -0.3 is 0 Å². The Morgan fingerprint density at radius 3 is 2.20 bits per heavy atom. The molecule has 0 aliphatic heterocycles. The summed E-state index contributed by atoms with van der Waals surface area (Å²) in [6.07, 6.45) is 0. The number of rotatable bonds is 3. The van der Waals surface area contributed by atoms with Crippen molar-refractivity contribution in [2.24, 2.45) is 0 Å². The van der Waals surface area contributed by atoms with Crippen molar-refractivity contribution >= 4 is 63.5 Å². The molecule has 0 saturated heterocycles. The molecule has 0 saturated carbocycles. The molecule has 8 heteroatoms. The molecule has 0 atom stereocenters. The summed E-state index contributed by atoms with van der Waals surface area (Å²) in [5.41, 5.74) is -0.116. The Morgan fingerprint density at radius 1 is 0.950 bits per heavy atom. The number of hydrogen-bond acceptors (Lipinski definition) is 2. The van der Waals surface area contributed by atoms with Crippen molar-refractivity contribution < 1.29 is 12.8 Å². The van der Waals surface area contributed by atoms with Crippen LogP contribution in [-0.4, -0.2) is 8.42 Å². The normalized spacial score (nSPS) is 11.4. The van der Waals surface area contributed by atoms with E-state index >= 15 is 0 Å². The van der Waals surface area contributed by atoms with E-state index in [-0.39, 0.29) is 10.6 Å². The van der Waals surface area contributed by atoms with E-state index in [0.29, 0.717) is 8.95 Å². The first-order valence-electron chi connectivity index (χ1n) is 5.22. The molecule has 2 aromatic carbocycles. The zero-order chi connectivity index (χ0) is 14.9. The molecule has 0 aromatic heterocycles. The second-order valence-corrected chi connectivity index (χ2v) is 8.14. The summed E-state index contributed by atoms with van der Waals surface area (Å²) in [5, 5.41) is 0. The Kier molecular flexibility index (Phi) is 4.88. The molecule has 0 aliphatic rings. The predicted octanol–water partition coefficient (Wildman–Crippen LogP) is 4.91. The highest BCUT2D eigenvalue weighted by atomic mass is 79.9. The molecule has 0 aliphatic carbocycles. The largest absolute Gasteiger partial charge is 0.277 e. The summed E-state index contributed by atoms with van der Waals surface area (Å²) in [7, 11) is -3.88. The third-order valence-electron chi connectivity index (χ3n) is 2.36. The van der Waals surface area contributed by atoms with E-state index in [1.54, 1.807) is 12.1 Å². The fourth-order valence-corrected chi connectivity index (χ4v) is 4.63. The number of benzene rings is 2. The Balaban J connectivity index is 2.43. The van der Waals surface area contributed by atoms with Crippen LogP contribution in [0.3, 0.4) is 0 Å². The van der Waals surface area contributed by atoms with Crippen LogP contribution in [0.15, 0.2) is 54.7 Å². The molecule has 3 nitrogen and oxygen atoms in total. The maximum Gasteiger partial charge on any atom is 0.263 e. The Labute approximate surface area is 141 Å². The van der Waals surface area contributed by atoms with Crippen LogP contribution in [0.4, 0.5) is 10.1 Å². The van der Waals surface area contributed by atoms with Crippen molar-refractivity contribution in [3.63, 3.8) is 0 Å². The van der Waals surface area contributed by atoms with Gasteiger partial charge >= 0.3 is 0 Å². The first-order chi connectivity index (χ1) is 9.29. The highest BCUT2D eigenvalue weighted by Gasteiger charge is 2.19. The van der Waals surface area contributed by atoms with Crippen molar-refractivity contribution in [2.75, 3.05) is 4.72 Å². The molecule has 0 radical (unpaired) electrons. The monoisotopic (exact) mass is 485 g/mol. The standard InChI is InChI=1S/C12H7Br3FNO2S/c13-7-2-4-12(9(15)5-7)20(18,19)17-11-6-8(14)1-3-10(11)16/h1-6,17H. The molecule has 0 heterocycles. The van der Waals surface area contributed by atoms with Gasteiger partial charge in [0, 0.05) is 13.4 Å². The molecule has 0 bridgehead atoms. The van der Waals surface area contributed by atoms with Gasteiger partial charge in [0.25, 0.3) is 10.0 Å². The summed E-state index contributed by atoms with van der Waals surface area (Å²) in [5.74, 6) is -0.648. The highest BCUT2D eigenvalue weighted by molar-refractivity contribution is 9.11. The predicted molar refractivity (Wildman–Crippen MR) is 86.8 cm³/mol. The Hall–Kier alpha value is -0.440. The van der Waals surface area contributed by atoms with Gasteiger partial charge in [-0.05, 0) is 52.3 Å². The van der Waals surface area contributed by atoms with Gasteiger partial charge in [0.2, 0.25) is 0 Å². The van der Waals surface area contributed by atoms with E-state index in [1.165, 1.54) is 24.3 Å². The van der Waals surface area contributed by atoms with Gasteiger partial charge in [0.1, 0.15) is 10.7 Å². The highest BCUT2D eigenvalue weighted by Crippen LogP contribution is 2.28. The van der Waals surface area contributed by atoms with Crippen LogP contribution >= 0.6 is 47.8 Å². The molecule has 106 valence electrons. The topological polar surface area (TPSA) is 46.2 Å². The van der Waals surface area contributed by atoms with Crippen molar-refractivity contribution in [3.05, 3.63) is 55.6 Å². The summed E-state index contributed by atoms with van der Waals surface area (Å²) in [6, 6.07) is 8.65. The second-order valence-electron chi connectivity index (χ2n) is 3.80. The summed E-state index contributed by atoms with van der Waals surface area (Å²) < 4.78 is 42.0. The third kappa shape index (κ3) is 3.60. The molecule has 1 N–H and O–H groups in total. The van der Waals surface area contributed by atoms with Crippen LogP contribution in [0.5, 0.6) is 0 Å². The second kappa shape index (κ2) is 6.13. The zero-order valence-corrected chi connectivity index (χ0v) is 15.3. The minimum atomic E-state index is -3.88. The van der Waals surface area contributed by atoms with Crippen LogP contribution < -0.4 is 4.72 Å². The molecule has 2 rings (SSSR count). The molecular formula is C12H7Br3FNO2S. The van der Waals surface area contributed by atoms with Crippen molar-refractivity contribution in [3.8, 4) is 0 Å². The fraction of sp³-hybridized carbons (Fsp3) is 0. The lowest BCUT2D eigenvalue weighted by atomic mass is 10.3. The maximum absolute atomic E-state index is 13.6. The van der Waals surface area contributed by atoms with Crippen molar-refractivity contribution in [1.82, 2.24) is 0 Å². The number of hydrogen-bond donors (Lipinski definition) is 1. The van der Waals surface area contributed by atoms with Crippen LogP contribution in [0.1, 0.15) is 0 Å². The maximum atomic E-state index is 13.6.